The summed E-state index contributed by atoms with van der Waals surface area (Å²) in [5.74, 6) is 1.54. The number of quaternary nitrogens is 1. The Bertz CT molecular complexity index is 215. The van der Waals surface area contributed by atoms with Gasteiger partial charge >= 0.3 is 0 Å². The summed E-state index contributed by atoms with van der Waals surface area (Å²) in [5, 5.41) is 12.3. The predicted octanol–water partition coefficient (Wildman–Crippen LogP) is 0.150. The molecule has 0 radical (unpaired) electrons. The van der Waals surface area contributed by atoms with Gasteiger partial charge in [0, 0.05) is 18.3 Å². The molecule has 0 aromatic carbocycles. The third-order valence-electron chi connectivity index (χ3n) is 3.76. The summed E-state index contributed by atoms with van der Waals surface area (Å²) in [6, 6.07) is 0.685. The van der Waals surface area contributed by atoms with Gasteiger partial charge in [0.15, 0.2) is 0 Å². The Balaban J connectivity index is 2.21. The van der Waals surface area contributed by atoms with Crippen molar-refractivity contribution >= 4 is 5.71 Å². The van der Waals surface area contributed by atoms with Crippen LogP contribution in [0.15, 0.2) is 5.16 Å². The highest BCUT2D eigenvalue weighted by atomic mass is 16.4. The highest BCUT2D eigenvalue weighted by Crippen LogP contribution is 2.27. The van der Waals surface area contributed by atoms with Gasteiger partial charge in [-0.25, -0.2) is 0 Å². The maximum Gasteiger partial charge on any atom is 0.0952 e. The minimum atomic E-state index is 0.685. The maximum atomic E-state index is 8.83. The summed E-state index contributed by atoms with van der Waals surface area (Å²) >= 11 is 0. The fourth-order valence-corrected chi connectivity index (χ4v) is 3.15. The van der Waals surface area contributed by atoms with Crippen molar-refractivity contribution in [3.05, 3.63) is 0 Å². The molecule has 1 unspecified atom stereocenters. The molecule has 4 atom stereocenters. The lowest BCUT2D eigenvalue weighted by Gasteiger charge is -2.34. The molecule has 3 aliphatic rings. The van der Waals surface area contributed by atoms with Crippen LogP contribution in [0.1, 0.15) is 26.2 Å². The van der Waals surface area contributed by atoms with Crippen molar-refractivity contribution in [2.75, 3.05) is 13.6 Å². The fraction of sp³-hybridized carbons (Fsp3) is 0.900. The number of nitrogens with one attached hydrogen (secondary N) is 1. The van der Waals surface area contributed by atoms with Crippen molar-refractivity contribution in [1.82, 2.24) is 0 Å². The van der Waals surface area contributed by atoms with Crippen molar-refractivity contribution in [1.29, 1.82) is 0 Å². The molecule has 1 aliphatic carbocycles. The number of rotatable bonds is 0. The third-order valence-corrected chi connectivity index (χ3v) is 3.76. The van der Waals surface area contributed by atoms with Crippen LogP contribution in [0.3, 0.4) is 0 Å². The van der Waals surface area contributed by atoms with E-state index < -0.39 is 0 Å². The molecule has 2 bridgehead atoms. The summed E-state index contributed by atoms with van der Waals surface area (Å²) in [5.41, 5.74) is 1.02. The normalized spacial score (nSPS) is 48.0. The quantitative estimate of drug-likeness (QED) is 0.407. The van der Waals surface area contributed by atoms with Crippen molar-refractivity contribution in [2.24, 2.45) is 17.0 Å². The minimum Gasteiger partial charge on any atom is -0.411 e. The zero-order chi connectivity index (χ0) is 9.42. The zero-order valence-corrected chi connectivity index (χ0v) is 8.45. The van der Waals surface area contributed by atoms with Gasteiger partial charge in [0.05, 0.1) is 25.3 Å². The number of nitrogens with zero attached hydrogens (tertiary/aromatic N) is 1. The first-order valence-electron chi connectivity index (χ1n) is 5.22. The third kappa shape index (κ3) is 1.57. The summed E-state index contributed by atoms with van der Waals surface area (Å²) in [6.07, 6.45) is 3.34. The Kier molecular flexibility index (Phi) is 2.28. The van der Waals surface area contributed by atoms with Crippen LogP contribution in [0, 0.1) is 11.8 Å². The van der Waals surface area contributed by atoms with E-state index in [1.165, 1.54) is 13.0 Å². The Morgan fingerprint density at radius 3 is 2.85 bits per heavy atom. The Labute approximate surface area is 79.4 Å². The van der Waals surface area contributed by atoms with Crippen LogP contribution in [0.4, 0.5) is 0 Å². The van der Waals surface area contributed by atoms with Gasteiger partial charge in [-0.05, 0) is 12.8 Å². The number of hydrogen-bond donors (Lipinski definition) is 2. The maximum absolute atomic E-state index is 8.83. The first-order valence-corrected chi connectivity index (χ1v) is 5.22. The van der Waals surface area contributed by atoms with Crippen molar-refractivity contribution < 1.29 is 10.1 Å². The van der Waals surface area contributed by atoms with Crippen molar-refractivity contribution in [3.63, 3.8) is 0 Å². The molecule has 3 heteroatoms. The molecule has 2 aliphatic heterocycles. The molecule has 0 spiro atoms. The van der Waals surface area contributed by atoms with E-state index >= 15 is 0 Å². The molecule has 3 fully saturated rings. The Morgan fingerprint density at radius 1 is 1.46 bits per heavy atom. The second kappa shape index (κ2) is 3.29. The van der Waals surface area contributed by atoms with Gasteiger partial charge in [0.1, 0.15) is 0 Å². The molecule has 0 aromatic rings. The van der Waals surface area contributed by atoms with Crippen LogP contribution >= 0.6 is 0 Å². The van der Waals surface area contributed by atoms with Gasteiger partial charge in [0.25, 0.3) is 0 Å². The van der Waals surface area contributed by atoms with Gasteiger partial charge in [-0.15, -0.1) is 0 Å². The largest absolute Gasteiger partial charge is 0.411 e. The van der Waals surface area contributed by atoms with E-state index in [1.54, 1.807) is 4.90 Å². The molecule has 0 amide bonds. The predicted molar refractivity (Wildman–Crippen MR) is 51.3 cm³/mol. The van der Waals surface area contributed by atoms with E-state index in [-0.39, 0.29) is 0 Å². The van der Waals surface area contributed by atoms with Crippen LogP contribution in [0.5, 0.6) is 0 Å². The molecule has 2 heterocycles. The average molecular weight is 183 g/mol. The lowest BCUT2D eigenvalue weighted by Crippen LogP contribution is -3.15. The van der Waals surface area contributed by atoms with Gasteiger partial charge in [-0.2, -0.15) is 0 Å². The van der Waals surface area contributed by atoms with Crippen LogP contribution in [0.25, 0.3) is 0 Å². The minimum absolute atomic E-state index is 0.685. The molecule has 2 saturated heterocycles. The monoisotopic (exact) mass is 183 g/mol. The lowest BCUT2D eigenvalue weighted by molar-refractivity contribution is -0.917. The van der Waals surface area contributed by atoms with Crippen LogP contribution in [0.2, 0.25) is 0 Å². The van der Waals surface area contributed by atoms with Gasteiger partial charge in [-0.3, -0.25) is 0 Å². The SMILES string of the molecule is C[C@H]1C[C@@H]2C/C(=N/O)C[C@@H]1[NH+](C)C2. The van der Waals surface area contributed by atoms with E-state index in [2.05, 4.69) is 19.1 Å². The number of fused-ring (bicyclic) bond motifs is 4. The second-order valence-corrected chi connectivity index (χ2v) is 4.81. The number of hydrogen-bond acceptors (Lipinski definition) is 2. The van der Waals surface area contributed by atoms with Gasteiger partial charge in [-0.1, -0.05) is 12.1 Å². The topological polar surface area (TPSA) is 37.0 Å². The summed E-state index contributed by atoms with van der Waals surface area (Å²) in [4.78, 5) is 1.63. The Morgan fingerprint density at radius 2 is 2.23 bits per heavy atom. The first-order chi connectivity index (χ1) is 6.20. The highest BCUT2D eigenvalue weighted by molar-refractivity contribution is 5.85. The van der Waals surface area contributed by atoms with E-state index in [0.29, 0.717) is 6.04 Å². The zero-order valence-electron chi connectivity index (χ0n) is 8.45. The van der Waals surface area contributed by atoms with Gasteiger partial charge in [0.2, 0.25) is 0 Å². The molecular weight excluding hydrogens is 164 g/mol. The number of oxime groups is 1. The average Bonchev–Trinajstić information content (AvgIpc) is 2.32. The molecule has 13 heavy (non-hydrogen) atoms. The van der Waals surface area contributed by atoms with Crippen molar-refractivity contribution in [3.8, 4) is 0 Å². The second-order valence-electron chi connectivity index (χ2n) is 4.81. The molecular formula is C10H19N2O+. The fourth-order valence-electron chi connectivity index (χ4n) is 3.15. The standard InChI is InChI=1S/C10H18N2O/c1-7-3-8-4-9(11-13)5-10(7)12(2)6-8/h7-8,10,13H,3-6H2,1-2H3/p+1/b11-9-/t7-,8+,10-/m0/s1. The molecule has 1 saturated carbocycles. The Hall–Kier alpha value is -0.570. The van der Waals surface area contributed by atoms with E-state index in [0.717, 1.165) is 30.4 Å². The highest BCUT2D eigenvalue weighted by Gasteiger charge is 2.40. The number of piperidine rings is 1. The van der Waals surface area contributed by atoms with E-state index in [4.69, 9.17) is 5.21 Å². The van der Waals surface area contributed by atoms with E-state index in [1.807, 2.05) is 0 Å². The summed E-state index contributed by atoms with van der Waals surface area (Å²) in [7, 11) is 2.27. The summed E-state index contributed by atoms with van der Waals surface area (Å²) < 4.78 is 0. The van der Waals surface area contributed by atoms with Crippen LogP contribution < -0.4 is 4.90 Å². The van der Waals surface area contributed by atoms with E-state index in [9.17, 15) is 0 Å². The molecule has 3 rings (SSSR count). The van der Waals surface area contributed by atoms with Crippen molar-refractivity contribution in [2.45, 2.75) is 32.2 Å². The summed E-state index contributed by atoms with van der Waals surface area (Å²) in [6.45, 7) is 3.59. The molecule has 2 N–H and O–H groups in total. The smallest absolute Gasteiger partial charge is 0.0952 e. The molecule has 74 valence electrons. The van der Waals surface area contributed by atoms with Crippen LogP contribution in [-0.2, 0) is 0 Å². The molecule has 0 aromatic heterocycles. The van der Waals surface area contributed by atoms with Gasteiger partial charge < -0.3 is 10.1 Å². The van der Waals surface area contributed by atoms with Crippen LogP contribution in [-0.4, -0.2) is 30.6 Å². The lowest BCUT2D eigenvalue weighted by atomic mass is 9.86. The first kappa shape index (κ1) is 9.00. The molecule has 3 nitrogen and oxygen atoms in total.